The van der Waals surface area contributed by atoms with Gasteiger partial charge in [-0.05, 0) is 37.0 Å². The Kier molecular flexibility index (Phi) is 6.77. The third-order valence-electron chi connectivity index (χ3n) is 7.50. The minimum Gasteiger partial charge on any atom is -0.495 e. The van der Waals surface area contributed by atoms with Crippen LogP contribution >= 0.6 is 0 Å². The van der Waals surface area contributed by atoms with Gasteiger partial charge >= 0.3 is 0 Å². The molecule has 0 N–H and O–H groups in total. The summed E-state index contributed by atoms with van der Waals surface area (Å²) in [7, 11) is 5.58. The van der Waals surface area contributed by atoms with Crippen molar-refractivity contribution in [2.24, 2.45) is 7.05 Å². The molecule has 0 spiro atoms. The molecule has 0 radical (unpaired) electrons. The Hall–Kier alpha value is -3.32. The predicted octanol–water partition coefficient (Wildman–Crippen LogP) is 3.38. The van der Waals surface area contributed by atoms with E-state index in [1.165, 1.54) is 11.4 Å². The summed E-state index contributed by atoms with van der Waals surface area (Å²) in [6.07, 6.45) is 2.96. The van der Waals surface area contributed by atoms with Crippen LogP contribution in [0.25, 0.3) is 0 Å². The van der Waals surface area contributed by atoms with Crippen molar-refractivity contribution < 1.29 is 9.53 Å². The number of ether oxygens (including phenoxy) is 1. The number of nitrogens with zero attached hydrogens (tertiary/aromatic N) is 5. The van der Waals surface area contributed by atoms with Crippen LogP contribution in [0.1, 0.15) is 33.7 Å². The van der Waals surface area contributed by atoms with Gasteiger partial charge in [-0.3, -0.25) is 14.4 Å². The molecule has 1 aliphatic heterocycles. The number of hydrogen-bond acceptors (Lipinski definition) is 5. The molecule has 0 bridgehead atoms. The van der Waals surface area contributed by atoms with Gasteiger partial charge in [-0.1, -0.05) is 42.5 Å². The van der Waals surface area contributed by atoms with E-state index in [-0.39, 0.29) is 5.91 Å². The lowest BCUT2D eigenvalue weighted by Crippen LogP contribution is -2.52. The maximum absolute atomic E-state index is 13.4. The Morgan fingerprint density at radius 2 is 1.77 bits per heavy atom. The van der Waals surface area contributed by atoms with E-state index in [0.29, 0.717) is 18.3 Å². The fraction of sp³-hybridized carbons (Fsp3) is 0.429. The quantitative estimate of drug-likeness (QED) is 0.550. The topological polar surface area (TPSA) is 53.8 Å². The number of rotatable bonds is 6. The molecule has 1 saturated heterocycles. The molecule has 35 heavy (non-hydrogen) atoms. The highest BCUT2D eigenvalue weighted by Crippen LogP contribution is 2.31. The monoisotopic (exact) mass is 473 g/mol. The Morgan fingerprint density at radius 3 is 2.51 bits per heavy atom. The molecule has 2 aromatic carbocycles. The van der Waals surface area contributed by atoms with Gasteiger partial charge in [0.25, 0.3) is 5.91 Å². The number of carbonyl (C=O) groups is 1. The Bertz CT molecular complexity index is 1170. The minimum absolute atomic E-state index is 0.00680. The van der Waals surface area contributed by atoms with Gasteiger partial charge in [-0.25, -0.2) is 0 Å². The maximum Gasteiger partial charge on any atom is 0.274 e. The van der Waals surface area contributed by atoms with E-state index in [0.717, 1.165) is 62.3 Å². The summed E-state index contributed by atoms with van der Waals surface area (Å²) in [5.41, 5.74) is 5.27. The maximum atomic E-state index is 13.4. The summed E-state index contributed by atoms with van der Waals surface area (Å²) in [6, 6.07) is 18.8. The summed E-state index contributed by atoms with van der Waals surface area (Å²) < 4.78 is 7.50. The smallest absolute Gasteiger partial charge is 0.274 e. The molecule has 2 heterocycles. The number of carbonyl (C=O) groups excluding carboxylic acids is 1. The molecule has 2 aliphatic rings. The van der Waals surface area contributed by atoms with Crippen LogP contribution in [0.3, 0.4) is 0 Å². The highest BCUT2D eigenvalue weighted by Gasteiger charge is 2.33. The summed E-state index contributed by atoms with van der Waals surface area (Å²) in [5.74, 6) is 0.939. The number of fused-ring (bicyclic) bond motifs is 1. The van der Waals surface area contributed by atoms with Gasteiger partial charge in [0, 0.05) is 64.1 Å². The van der Waals surface area contributed by atoms with Crippen LogP contribution in [-0.4, -0.2) is 71.9 Å². The zero-order valence-corrected chi connectivity index (χ0v) is 21.0. The average Bonchev–Trinajstić information content (AvgIpc) is 3.24. The van der Waals surface area contributed by atoms with Crippen molar-refractivity contribution >= 4 is 11.6 Å². The second kappa shape index (κ2) is 10.1. The first kappa shape index (κ1) is 23.4. The lowest BCUT2D eigenvalue weighted by Gasteiger charge is -2.41. The number of para-hydroxylation sites is 2. The number of aryl methyl sites for hydroxylation is 1. The number of anilines is 1. The van der Waals surface area contributed by atoms with E-state index in [1.54, 1.807) is 12.0 Å². The van der Waals surface area contributed by atoms with Gasteiger partial charge in [0.05, 0.1) is 12.8 Å². The van der Waals surface area contributed by atoms with Crippen molar-refractivity contribution in [1.29, 1.82) is 0 Å². The number of piperazine rings is 1. The number of methoxy groups -OCH3 is 1. The van der Waals surface area contributed by atoms with Crippen molar-refractivity contribution in [2.45, 2.75) is 31.8 Å². The highest BCUT2D eigenvalue weighted by atomic mass is 16.5. The number of amides is 1. The van der Waals surface area contributed by atoms with Crippen LogP contribution in [0.5, 0.6) is 5.75 Å². The van der Waals surface area contributed by atoms with E-state index in [4.69, 9.17) is 9.84 Å². The average molecular weight is 474 g/mol. The largest absolute Gasteiger partial charge is 0.495 e. The zero-order chi connectivity index (χ0) is 24.4. The molecular weight excluding hydrogens is 438 g/mol. The Labute approximate surface area is 207 Å². The van der Waals surface area contributed by atoms with Crippen molar-refractivity contribution in [1.82, 2.24) is 19.6 Å². The molecule has 1 aromatic heterocycles. The molecule has 3 aromatic rings. The van der Waals surface area contributed by atoms with Crippen LogP contribution in [0.2, 0.25) is 0 Å². The van der Waals surface area contributed by atoms with Gasteiger partial charge in [-0.2, -0.15) is 5.10 Å². The molecule has 0 saturated carbocycles. The molecule has 184 valence electrons. The van der Waals surface area contributed by atoms with Gasteiger partial charge in [0.1, 0.15) is 5.75 Å². The van der Waals surface area contributed by atoms with E-state index in [2.05, 4.69) is 34.1 Å². The van der Waals surface area contributed by atoms with Crippen LogP contribution in [0.15, 0.2) is 54.6 Å². The SMILES string of the molecule is COc1ccccc1N1CCN([C@@H]2CCc3c(c(C(=O)N(C)Cc4ccccc4)nn3C)C2)CC1. The fourth-order valence-corrected chi connectivity index (χ4v) is 5.58. The minimum atomic E-state index is 0.00680. The molecular formula is C28H35N5O2. The van der Waals surface area contributed by atoms with E-state index < -0.39 is 0 Å². The molecule has 1 fully saturated rings. The second-order valence-electron chi connectivity index (χ2n) is 9.64. The molecule has 0 unspecified atom stereocenters. The first-order valence-corrected chi connectivity index (χ1v) is 12.5. The van der Waals surface area contributed by atoms with Crippen molar-refractivity contribution in [2.75, 3.05) is 45.2 Å². The Morgan fingerprint density at radius 1 is 1.06 bits per heavy atom. The van der Waals surface area contributed by atoms with E-state index in [1.807, 2.05) is 49.1 Å². The van der Waals surface area contributed by atoms with Crippen LogP contribution in [0.4, 0.5) is 5.69 Å². The second-order valence-corrected chi connectivity index (χ2v) is 9.64. The van der Waals surface area contributed by atoms with Crippen molar-refractivity contribution in [3.05, 3.63) is 77.1 Å². The molecule has 1 atom stereocenters. The summed E-state index contributed by atoms with van der Waals surface area (Å²) >= 11 is 0. The lowest BCUT2D eigenvalue weighted by molar-refractivity contribution is 0.0776. The van der Waals surface area contributed by atoms with Gasteiger partial charge in [0.2, 0.25) is 0 Å². The lowest BCUT2D eigenvalue weighted by atomic mass is 9.89. The summed E-state index contributed by atoms with van der Waals surface area (Å²) in [4.78, 5) is 20.2. The van der Waals surface area contributed by atoms with Crippen LogP contribution in [-0.2, 0) is 26.4 Å². The molecule has 7 heteroatoms. The molecule has 1 aliphatic carbocycles. The molecule has 7 nitrogen and oxygen atoms in total. The van der Waals surface area contributed by atoms with Gasteiger partial charge < -0.3 is 14.5 Å². The van der Waals surface area contributed by atoms with Crippen LogP contribution < -0.4 is 9.64 Å². The summed E-state index contributed by atoms with van der Waals surface area (Å²) in [6.45, 7) is 4.55. The molecule has 1 amide bonds. The predicted molar refractivity (Wildman–Crippen MR) is 138 cm³/mol. The normalized spacial score (nSPS) is 18.3. The fourth-order valence-electron chi connectivity index (χ4n) is 5.58. The zero-order valence-electron chi connectivity index (χ0n) is 21.0. The van der Waals surface area contributed by atoms with Gasteiger partial charge in [-0.15, -0.1) is 0 Å². The van der Waals surface area contributed by atoms with Crippen LogP contribution in [0, 0.1) is 0 Å². The summed E-state index contributed by atoms with van der Waals surface area (Å²) in [5, 5.41) is 4.69. The standard InChI is InChI=1S/C28H35N5O2/c1-30(20-21-9-5-4-6-10-21)28(34)27-23-19-22(13-14-24(23)31(2)29-27)32-15-17-33(18-16-32)25-11-7-8-12-26(25)35-3/h4-12,22H,13-20H2,1-3H3/t22-/m1/s1. The van der Waals surface area contributed by atoms with Gasteiger partial charge in [0.15, 0.2) is 5.69 Å². The molecule has 5 rings (SSSR count). The Balaban J connectivity index is 1.26. The highest BCUT2D eigenvalue weighted by molar-refractivity contribution is 5.94. The van der Waals surface area contributed by atoms with E-state index >= 15 is 0 Å². The van der Waals surface area contributed by atoms with E-state index in [9.17, 15) is 4.79 Å². The van der Waals surface area contributed by atoms with Crippen molar-refractivity contribution in [3.63, 3.8) is 0 Å². The first-order valence-electron chi connectivity index (χ1n) is 12.5. The third kappa shape index (κ3) is 4.78. The van der Waals surface area contributed by atoms with Crippen molar-refractivity contribution in [3.8, 4) is 5.75 Å². The third-order valence-corrected chi connectivity index (χ3v) is 7.50. The number of benzene rings is 2. The number of aromatic nitrogens is 2. The number of hydrogen-bond donors (Lipinski definition) is 0. The first-order chi connectivity index (χ1) is 17.0.